The third kappa shape index (κ3) is 2.50. The van der Waals surface area contributed by atoms with E-state index in [-0.39, 0.29) is 16.8 Å². The molecule has 0 saturated heterocycles. The molecule has 0 aliphatic rings. The number of carbonyl (C=O) groups is 2. The Hall–Kier alpha value is -2.44. The number of rotatable bonds is 3. The van der Waals surface area contributed by atoms with Crippen molar-refractivity contribution in [2.75, 3.05) is 0 Å². The maximum atomic E-state index is 10.6. The van der Waals surface area contributed by atoms with E-state index in [1.807, 2.05) is 0 Å². The van der Waals surface area contributed by atoms with Gasteiger partial charge in [-0.3, -0.25) is 0 Å². The number of carboxylic acid groups (broad SMARTS) is 2. The third-order valence-corrected chi connectivity index (χ3v) is 1.59. The van der Waals surface area contributed by atoms with Gasteiger partial charge in [0.1, 0.15) is 5.69 Å². The number of benzene rings is 1. The number of carboxylic acids is 2. The van der Waals surface area contributed by atoms with Crippen molar-refractivity contribution >= 4 is 17.6 Å². The highest BCUT2D eigenvalue weighted by Crippen LogP contribution is 2.16. The maximum Gasteiger partial charge on any atom is 0.335 e. The minimum absolute atomic E-state index is 0.0534. The van der Waals surface area contributed by atoms with Crippen LogP contribution in [0.1, 0.15) is 20.7 Å². The molecule has 0 amide bonds. The van der Waals surface area contributed by atoms with E-state index in [9.17, 15) is 14.8 Å². The molecule has 7 nitrogen and oxygen atoms in total. The molecular formula is C8H6N2O5. The molecule has 7 heteroatoms. The Labute approximate surface area is 83.3 Å². The van der Waals surface area contributed by atoms with Crippen molar-refractivity contribution in [2.24, 2.45) is 5.11 Å². The van der Waals surface area contributed by atoms with Crippen LogP contribution in [0.2, 0.25) is 0 Å². The Bertz CT molecular complexity index is 408. The first-order valence-corrected chi connectivity index (χ1v) is 3.74. The molecule has 0 atom stereocenters. The number of hydrogen-bond donors (Lipinski definition) is 3. The van der Waals surface area contributed by atoms with Crippen molar-refractivity contribution in [3.05, 3.63) is 34.5 Å². The van der Waals surface area contributed by atoms with Crippen LogP contribution in [0.3, 0.4) is 0 Å². The summed E-state index contributed by atoms with van der Waals surface area (Å²) in [6, 6.07) is 3.15. The van der Waals surface area contributed by atoms with E-state index in [4.69, 9.17) is 10.2 Å². The molecule has 0 aromatic heterocycles. The van der Waals surface area contributed by atoms with Gasteiger partial charge in [-0.25, -0.2) is 9.59 Å². The highest BCUT2D eigenvalue weighted by molar-refractivity contribution is 5.95. The Morgan fingerprint density at radius 1 is 1.13 bits per heavy atom. The second kappa shape index (κ2) is 4.18. The monoisotopic (exact) mass is 210 g/mol. The van der Waals surface area contributed by atoms with E-state index in [0.717, 1.165) is 18.2 Å². The maximum absolute atomic E-state index is 10.6. The average molecular weight is 210 g/mol. The summed E-state index contributed by atoms with van der Waals surface area (Å²) < 4.78 is 0. The van der Waals surface area contributed by atoms with E-state index >= 15 is 0 Å². The number of nitrogens with zero attached hydrogens (tertiary/aromatic N) is 1. The zero-order valence-corrected chi connectivity index (χ0v) is 7.30. The summed E-state index contributed by atoms with van der Waals surface area (Å²) in [6.45, 7) is 0. The van der Waals surface area contributed by atoms with E-state index in [1.54, 1.807) is 0 Å². The van der Waals surface area contributed by atoms with Crippen molar-refractivity contribution in [3.8, 4) is 0 Å². The van der Waals surface area contributed by atoms with Crippen LogP contribution in [-0.2, 0) is 0 Å². The van der Waals surface area contributed by atoms with Gasteiger partial charge in [-0.05, 0) is 18.2 Å². The van der Waals surface area contributed by atoms with Crippen LogP contribution in [0.15, 0.2) is 23.3 Å². The SMILES string of the molecule is O=C(O)c1cc(N=[NH+][O-])cc(C(=O)O)c1. The molecule has 15 heavy (non-hydrogen) atoms. The molecule has 0 unspecified atom stereocenters. The number of nitrogens with one attached hydrogen (secondary N) is 1. The predicted octanol–water partition coefficient (Wildman–Crippen LogP) is -0.255. The Morgan fingerprint density at radius 3 is 1.93 bits per heavy atom. The largest absolute Gasteiger partial charge is 0.602 e. The van der Waals surface area contributed by atoms with Crippen LogP contribution in [0.5, 0.6) is 0 Å². The summed E-state index contributed by atoms with van der Waals surface area (Å²) in [5.41, 5.74) is -0.546. The second-order valence-corrected chi connectivity index (χ2v) is 2.58. The normalized spacial score (nSPS) is 10.4. The summed E-state index contributed by atoms with van der Waals surface area (Å²) >= 11 is 0. The van der Waals surface area contributed by atoms with Crippen LogP contribution in [0, 0.1) is 5.21 Å². The zero-order valence-electron chi connectivity index (χ0n) is 7.30. The van der Waals surface area contributed by atoms with Gasteiger partial charge in [0, 0.05) is 5.11 Å². The van der Waals surface area contributed by atoms with Crippen LogP contribution >= 0.6 is 0 Å². The molecule has 1 rings (SSSR count). The minimum atomic E-state index is -1.29. The fraction of sp³-hybridized carbons (Fsp3) is 0. The molecule has 0 spiro atoms. The highest BCUT2D eigenvalue weighted by Gasteiger charge is 2.11. The highest BCUT2D eigenvalue weighted by atomic mass is 16.5. The summed E-state index contributed by atoms with van der Waals surface area (Å²) in [6.07, 6.45) is 0. The molecule has 3 N–H and O–H groups in total. The predicted molar refractivity (Wildman–Crippen MR) is 46.8 cm³/mol. The molecular weight excluding hydrogens is 204 g/mol. The molecule has 0 heterocycles. The molecule has 78 valence electrons. The lowest BCUT2D eigenvalue weighted by Crippen LogP contribution is -2.55. The van der Waals surface area contributed by atoms with Gasteiger partial charge in [-0.15, -0.1) is 5.28 Å². The van der Waals surface area contributed by atoms with E-state index in [0.29, 0.717) is 0 Å². The van der Waals surface area contributed by atoms with Gasteiger partial charge in [-0.2, -0.15) is 0 Å². The molecule has 0 fully saturated rings. The minimum Gasteiger partial charge on any atom is -0.602 e. The van der Waals surface area contributed by atoms with Gasteiger partial charge in [-0.1, -0.05) is 0 Å². The molecule has 1 aromatic rings. The Morgan fingerprint density at radius 2 is 1.60 bits per heavy atom. The quantitative estimate of drug-likeness (QED) is 0.468. The lowest BCUT2D eigenvalue weighted by Gasteiger charge is -1.98. The summed E-state index contributed by atoms with van der Waals surface area (Å²) in [7, 11) is 0. The summed E-state index contributed by atoms with van der Waals surface area (Å²) in [4.78, 5) is 21.2. The Kier molecular flexibility index (Phi) is 2.97. The smallest absolute Gasteiger partial charge is 0.335 e. The Balaban J connectivity index is 3.32. The van der Waals surface area contributed by atoms with Crippen molar-refractivity contribution in [1.29, 1.82) is 0 Å². The topological polar surface area (TPSA) is 124 Å². The van der Waals surface area contributed by atoms with Gasteiger partial charge in [0.05, 0.1) is 11.1 Å². The fourth-order valence-electron chi connectivity index (χ4n) is 0.975. The first-order chi connectivity index (χ1) is 7.04. The third-order valence-electron chi connectivity index (χ3n) is 1.59. The van der Waals surface area contributed by atoms with Gasteiger partial charge in [0.15, 0.2) is 0 Å². The van der Waals surface area contributed by atoms with Crippen molar-refractivity contribution in [3.63, 3.8) is 0 Å². The second-order valence-electron chi connectivity index (χ2n) is 2.58. The van der Waals surface area contributed by atoms with E-state index in [1.165, 1.54) is 5.28 Å². The standard InChI is InChI=1S/C8H6N2O5/c11-7(12)4-1-5(8(13)14)3-6(2-4)9-10-15/h1-3,10H,(H2-,9,11,12,13,14,15). The number of aromatic carboxylic acids is 2. The fourth-order valence-corrected chi connectivity index (χ4v) is 0.975. The van der Waals surface area contributed by atoms with Crippen LogP contribution < -0.4 is 5.28 Å². The number of hydrogen-bond acceptors (Lipinski definition) is 4. The van der Waals surface area contributed by atoms with Crippen LogP contribution in [0.4, 0.5) is 5.69 Å². The van der Waals surface area contributed by atoms with Crippen molar-refractivity contribution in [1.82, 2.24) is 0 Å². The summed E-state index contributed by atoms with van der Waals surface area (Å²) in [5.74, 6) is -2.58. The van der Waals surface area contributed by atoms with Crippen LogP contribution in [0.25, 0.3) is 0 Å². The van der Waals surface area contributed by atoms with Gasteiger partial charge >= 0.3 is 11.9 Å². The van der Waals surface area contributed by atoms with Crippen molar-refractivity contribution in [2.45, 2.75) is 0 Å². The van der Waals surface area contributed by atoms with Crippen LogP contribution in [-0.4, -0.2) is 22.2 Å². The van der Waals surface area contributed by atoms with Gasteiger partial charge < -0.3 is 15.4 Å². The van der Waals surface area contributed by atoms with Gasteiger partial charge in [0.25, 0.3) is 0 Å². The van der Waals surface area contributed by atoms with Crippen molar-refractivity contribution < 1.29 is 25.1 Å². The zero-order chi connectivity index (χ0) is 11.4. The molecule has 0 radical (unpaired) electrons. The molecule has 0 aliphatic carbocycles. The first kappa shape index (κ1) is 10.6. The average Bonchev–Trinajstić information content (AvgIpc) is 2.17. The van der Waals surface area contributed by atoms with Gasteiger partial charge in [0.2, 0.25) is 0 Å². The molecule has 0 bridgehead atoms. The molecule has 0 aliphatic heterocycles. The lowest BCUT2D eigenvalue weighted by atomic mass is 10.1. The van der Waals surface area contributed by atoms with E-state index < -0.39 is 11.9 Å². The van der Waals surface area contributed by atoms with E-state index in [2.05, 4.69) is 5.11 Å². The molecule has 0 saturated carbocycles. The summed E-state index contributed by atoms with van der Waals surface area (Å²) in [5, 5.41) is 31.6. The lowest BCUT2D eigenvalue weighted by molar-refractivity contribution is -0.451. The molecule has 1 aromatic carbocycles. The first-order valence-electron chi connectivity index (χ1n) is 3.74.